The van der Waals surface area contributed by atoms with Crippen molar-refractivity contribution in [3.8, 4) is 11.5 Å². The molecule has 0 spiro atoms. The van der Waals surface area contributed by atoms with Crippen molar-refractivity contribution >= 4 is 0 Å². The van der Waals surface area contributed by atoms with Crippen LogP contribution in [0.25, 0.3) is 0 Å². The molecule has 18 heavy (non-hydrogen) atoms. The summed E-state index contributed by atoms with van der Waals surface area (Å²) in [4.78, 5) is 5.58. The minimum absolute atomic E-state index is 0.00750. The molecule has 1 aliphatic heterocycles. The van der Waals surface area contributed by atoms with Crippen molar-refractivity contribution in [1.29, 1.82) is 0 Å². The third kappa shape index (κ3) is 2.18. The molecule has 0 radical (unpaired) electrons. The molecule has 0 aromatic heterocycles. The minimum Gasteiger partial charge on any atom is -0.496 e. The van der Waals surface area contributed by atoms with Gasteiger partial charge in [0.1, 0.15) is 11.5 Å². The number of hydroxylamine groups is 2. The fourth-order valence-corrected chi connectivity index (χ4v) is 2.26. The zero-order valence-corrected chi connectivity index (χ0v) is 11.7. The van der Waals surface area contributed by atoms with Crippen LogP contribution in [0.15, 0.2) is 6.07 Å². The van der Waals surface area contributed by atoms with Crippen LogP contribution in [0.4, 0.5) is 0 Å². The van der Waals surface area contributed by atoms with Gasteiger partial charge in [0.15, 0.2) is 6.23 Å². The van der Waals surface area contributed by atoms with Gasteiger partial charge in [0.05, 0.1) is 14.2 Å². The second-order valence-electron chi connectivity index (χ2n) is 4.55. The second-order valence-corrected chi connectivity index (χ2v) is 4.55. The van der Waals surface area contributed by atoms with Gasteiger partial charge in [-0.3, -0.25) is 4.84 Å². The number of ether oxygens (including phenoxy) is 2. The summed E-state index contributed by atoms with van der Waals surface area (Å²) in [6, 6.07) is 2.02. The Kier molecular flexibility index (Phi) is 3.78. The van der Waals surface area contributed by atoms with E-state index in [2.05, 4.69) is 6.92 Å². The average Bonchev–Trinajstić information content (AvgIpc) is 3.12. The summed E-state index contributed by atoms with van der Waals surface area (Å²) >= 11 is 0. The molecule has 1 aromatic carbocycles. The van der Waals surface area contributed by atoms with Crippen LogP contribution in [-0.4, -0.2) is 25.8 Å². The van der Waals surface area contributed by atoms with E-state index < -0.39 is 0 Å². The molecule has 1 aromatic rings. The van der Waals surface area contributed by atoms with Crippen molar-refractivity contribution < 1.29 is 14.3 Å². The SMILES string of the molecule is CCCN1O[C@@H]1c1cc(OC)c(C)c(C)c1OC. The quantitative estimate of drug-likeness (QED) is 0.753. The number of hydrogen-bond acceptors (Lipinski definition) is 4. The van der Waals surface area contributed by atoms with Gasteiger partial charge >= 0.3 is 0 Å². The number of benzene rings is 1. The van der Waals surface area contributed by atoms with E-state index in [0.717, 1.165) is 41.2 Å². The zero-order chi connectivity index (χ0) is 13.3. The van der Waals surface area contributed by atoms with Crippen LogP contribution in [-0.2, 0) is 4.84 Å². The van der Waals surface area contributed by atoms with Crippen molar-refractivity contribution in [3.05, 3.63) is 22.8 Å². The van der Waals surface area contributed by atoms with Gasteiger partial charge in [-0.1, -0.05) is 6.92 Å². The van der Waals surface area contributed by atoms with Crippen LogP contribution in [0, 0.1) is 13.8 Å². The lowest BCUT2D eigenvalue weighted by molar-refractivity contribution is 0.199. The van der Waals surface area contributed by atoms with Gasteiger partial charge in [-0.2, -0.15) is 5.06 Å². The second kappa shape index (κ2) is 5.16. The molecule has 0 amide bonds. The van der Waals surface area contributed by atoms with E-state index >= 15 is 0 Å². The normalized spacial score (nSPS) is 21.8. The van der Waals surface area contributed by atoms with Gasteiger partial charge in [-0.05, 0) is 37.5 Å². The molecule has 0 bridgehead atoms. The van der Waals surface area contributed by atoms with Crippen LogP contribution in [0.3, 0.4) is 0 Å². The lowest BCUT2D eigenvalue weighted by Gasteiger charge is -2.15. The number of nitrogens with zero attached hydrogens (tertiary/aromatic N) is 1. The monoisotopic (exact) mass is 251 g/mol. The molecule has 1 saturated heterocycles. The molecule has 0 aliphatic carbocycles. The van der Waals surface area contributed by atoms with Gasteiger partial charge in [0, 0.05) is 12.1 Å². The molecule has 4 heteroatoms. The Labute approximate surface area is 108 Å². The third-order valence-corrected chi connectivity index (χ3v) is 3.41. The highest BCUT2D eigenvalue weighted by Crippen LogP contribution is 2.45. The summed E-state index contributed by atoms with van der Waals surface area (Å²) < 4.78 is 10.9. The van der Waals surface area contributed by atoms with E-state index in [-0.39, 0.29) is 6.23 Å². The van der Waals surface area contributed by atoms with Crippen molar-refractivity contribution in [3.63, 3.8) is 0 Å². The highest BCUT2D eigenvalue weighted by Gasteiger charge is 2.40. The summed E-state index contributed by atoms with van der Waals surface area (Å²) in [5.41, 5.74) is 3.27. The van der Waals surface area contributed by atoms with Crippen molar-refractivity contribution in [2.24, 2.45) is 0 Å². The Morgan fingerprint density at radius 3 is 2.50 bits per heavy atom. The predicted octanol–water partition coefficient (Wildman–Crippen LogP) is 2.98. The Hall–Kier alpha value is -1.26. The maximum Gasteiger partial charge on any atom is 0.183 e. The first-order chi connectivity index (χ1) is 8.63. The number of hydrogen-bond donors (Lipinski definition) is 0. The van der Waals surface area contributed by atoms with Crippen LogP contribution in [0.1, 0.15) is 36.3 Å². The molecule has 0 saturated carbocycles. The maximum atomic E-state index is 5.58. The van der Waals surface area contributed by atoms with Crippen LogP contribution >= 0.6 is 0 Å². The third-order valence-electron chi connectivity index (χ3n) is 3.41. The molecule has 1 heterocycles. The average molecular weight is 251 g/mol. The highest BCUT2D eigenvalue weighted by atomic mass is 16.8. The standard InChI is InChI=1S/C14H21NO3/c1-6-7-15-14(18-15)11-8-12(16-4)9(2)10(3)13(11)17-5/h8,14H,6-7H2,1-5H3/t14-,15?/m1/s1. The smallest absolute Gasteiger partial charge is 0.183 e. The van der Waals surface area contributed by atoms with Gasteiger partial charge in [-0.25, -0.2) is 0 Å². The lowest BCUT2D eigenvalue weighted by Crippen LogP contribution is -2.03. The molecule has 0 N–H and O–H groups in total. The van der Waals surface area contributed by atoms with Crippen LogP contribution in [0.2, 0.25) is 0 Å². The van der Waals surface area contributed by atoms with E-state index in [1.165, 1.54) is 0 Å². The number of rotatable bonds is 5. The largest absolute Gasteiger partial charge is 0.496 e. The van der Waals surface area contributed by atoms with Gasteiger partial charge in [0.2, 0.25) is 0 Å². The Morgan fingerprint density at radius 2 is 1.94 bits per heavy atom. The summed E-state index contributed by atoms with van der Waals surface area (Å²) in [7, 11) is 3.39. The first-order valence-electron chi connectivity index (χ1n) is 6.29. The maximum absolute atomic E-state index is 5.58. The topological polar surface area (TPSA) is 34.0 Å². The highest BCUT2D eigenvalue weighted by molar-refractivity contribution is 5.53. The molecule has 1 aliphatic rings. The van der Waals surface area contributed by atoms with Crippen LogP contribution in [0.5, 0.6) is 11.5 Å². The van der Waals surface area contributed by atoms with Crippen molar-refractivity contribution in [1.82, 2.24) is 5.06 Å². The fourth-order valence-electron chi connectivity index (χ4n) is 2.26. The van der Waals surface area contributed by atoms with E-state index in [0.29, 0.717) is 0 Å². The first-order valence-corrected chi connectivity index (χ1v) is 6.29. The van der Waals surface area contributed by atoms with Gasteiger partial charge in [-0.15, -0.1) is 0 Å². The minimum atomic E-state index is 0.00750. The molecule has 1 unspecified atom stereocenters. The van der Waals surface area contributed by atoms with Crippen molar-refractivity contribution in [2.75, 3.05) is 20.8 Å². The lowest BCUT2D eigenvalue weighted by atomic mass is 10.0. The zero-order valence-electron chi connectivity index (χ0n) is 11.7. The van der Waals surface area contributed by atoms with E-state index in [9.17, 15) is 0 Å². The molecule has 4 nitrogen and oxygen atoms in total. The Balaban J connectivity index is 2.37. The van der Waals surface area contributed by atoms with Gasteiger partial charge in [0.25, 0.3) is 0 Å². The van der Waals surface area contributed by atoms with E-state index in [4.69, 9.17) is 14.3 Å². The fraction of sp³-hybridized carbons (Fsp3) is 0.571. The molecule has 2 atom stereocenters. The molecular weight excluding hydrogens is 230 g/mol. The van der Waals surface area contributed by atoms with E-state index in [1.807, 2.05) is 25.0 Å². The number of methoxy groups -OCH3 is 2. The first kappa shape index (κ1) is 13.2. The van der Waals surface area contributed by atoms with E-state index in [1.54, 1.807) is 14.2 Å². The Bertz CT molecular complexity index is 445. The summed E-state index contributed by atoms with van der Waals surface area (Å²) in [6.07, 6.45) is 1.08. The molecule has 2 rings (SSSR count). The van der Waals surface area contributed by atoms with Crippen molar-refractivity contribution in [2.45, 2.75) is 33.4 Å². The van der Waals surface area contributed by atoms with Crippen LogP contribution < -0.4 is 9.47 Å². The summed E-state index contributed by atoms with van der Waals surface area (Å²) in [6.45, 7) is 7.16. The summed E-state index contributed by atoms with van der Waals surface area (Å²) in [5, 5.41) is 1.96. The molecule has 1 fully saturated rings. The summed E-state index contributed by atoms with van der Waals surface area (Å²) in [5.74, 6) is 1.78. The Morgan fingerprint density at radius 1 is 1.22 bits per heavy atom. The van der Waals surface area contributed by atoms with Gasteiger partial charge < -0.3 is 9.47 Å². The predicted molar refractivity (Wildman–Crippen MR) is 69.8 cm³/mol. The molecular formula is C14H21NO3. The molecule has 100 valence electrons.